The highest BCUT2D eigenvalue weighted by Crippen LogP contribution is 2.16. The zero-order chi connectivity index (χ0) is 13.4. The number of benzene rings is 1. The van der Waals surface area contributed by atoms with E-state index in [9.17, 15) is 4.79 Å². The highest BCUT2D eigenvalue weighted by molar-refractivity contribution is 5.91. The van der Waals surface area contributed by atoms with Crippen LogP contribution in [-0.2, 0) is 0 Å². The zero-order valence-electron chi connectivity index (χ0n) is 11.7. The van der Waals surface area contributed by atoms with Crippen molar-refractivity contribution >= 4 is 11.7 Å². The van der Waals surface area contributed by atoms with E-state index in [2.05, 4.69) is 6.92 Å². The number of hydrogen-bond donors (Lipinski definition) is 0. The molecular weight excluding hydrogens is 224 g/mol. The summed E-state index contributed by atoms with van der Waals surface area (Å²) in [7, 11) is 0. The van der Waals surface area contributed by atoms with Crippen LogP contribution in [0.4, 0.5) is 10.5 Å². The van der Waals surface area contributed by atoms with Crippen molar-refractivity contribution in [1.29, 1.82) is 0 Å². The second-order valence-corrected chi connectivity index (χ2v) is 4.30. The fourth-order valence-electron chi connectivity index (χ4n) is 1.92. The molecule has 0 aliphatic carbocycles. The fraction of sp³-hybridized carbons (Fsp3) is 0.533. The molecule has 1 aromatic carbocycles. The molecule has 0 unspecified atom stereocenters. The molecule has 0 aromatic heterocycles. The predicted molar refractivity (Wildman–Crippen MR) is 77.0 cm³/mol. The Morgan fingerprint density at radius 3 is 2.17 bits per heavy atom. The summed E-state index contributed by atoms with van der Waals surface area (Å²) >= 11 is 0. The summed E-state index contributed by atoms with van der Waals surface area (Å²) in [6.07, 6.45) is 2.12. The largest absolute Gasteiger partial charge is 0.325 e. The lowest BCUT2D eigenvalue weighted by Gasteiger charge is -2.29. The van der Waals surface area contributed by atoms with E-state index >= 15 is 0 Å². The van der Waals surface area contributed by atoms with E-state index in [1.165, 1.54) is 0 Å². The first-order chi connectivity index (χ1) is 8.74. The van der Waals surface area contributed by atoms with Crippen molar-refractivity contribution in [3.8, 4) is 0 Å². The summed E-state index contributed by atoms with van der Waals surface area (Å²) in [6, 6.07) is 10.0. The van der Waals surface area contributed by atoms with Gasteiger partial charge in [-0.05, 0) is 32.4 Å². The van der Waals surface area contributed by atoms with E-state index in [-0.39, 0.29) is 6.03 Å². The van der Waals surface area contributed by atoms with Gasteiger partial charge in [-0.1, -0.05) is 31.5 Å². The molecule has 0 saturated carbocycles. The van der Waals surface area contributed by atoms with Gasteiger partial charge in [0.2, 0.25) is 0 Å². The normalized spacial score (nSPS) is 10.2. The number of carbonyl (C=O) groups excluding carboxylic acids is 1. The van der Waals surface area contributed by atoms with Gasteiger partial charge >= 0.3 is 6.03 Å². The Hall–Kier alpha value is -1.51. The van der Waals surface area contributed by atoms with Crippen molar-refractivity contribution in [2.45, 2.75) is 33.6 Å². The van der Waals surface area contributed by atoms with Gasteiger partial charge in [0, 0.05) is 25.3 Å². The van der Waals surface area contributed by atoms with Crippen LogP contribution in [0.15, 0.2) is 30.3 Å². The van der Waals surface area contributed by atoms with E-state index in [0.29, 0.717) is 0 Å². The minimum Gasteiger partial charge on any atom is -0.325 e. The third kappa shape index (κ3) is 3.76. The summed E-state index contributed by atoms with van der Waals surface area (Å²) < 4.78 is 0. The Morgan fingerprint density at radius 1 is 1.06 bits per heavy atom. The van der Waals surface area contributed by atoms with Crippen LogP contribution in [0.1, 0.15) is 33.6 Å². The third-order valence-electron chi connectivity index (χ3n) is 3.07. The minimum absolute atomic E-state index is 0.111. The fourth-order valence-corrected chi connectivity index (χ4v) is 1.92. The molecule has 0 fully saturated rings. The Morgan fingerprint density at radius 2 is 1.67 bits per heavy atom. The molecule has 3 heteroatoms. The number of anilines is 1. The maximum Gasteiger partial charge on any atom is 0.324 e. The molecule has 0 radical (unpaired) electrons. The second-order valence-electron chi connectivity index (χ2n) is 4.30. The molecule has 1 rings (SSSR count). The molecule has 0 bridgehead atoms. The van der Waals surface area contributed by atoms with Gasteiger partial charge in [-0.25, -0.2) is 4.79 Å². The first-order valence-electron chi connectivity index (χ1n) is 6.86. The molecule has 0 spiro atoms. The van der Waals surface area contributed by atoms with Crippen molar-refractivity contribution in [3.05, 3.63) is 30.3 Å². The number of urea groups is 1. The van der Waals surface area contributed by atoms with E-state index in [1.54, 1.807) is 0 Å². The number of hydrogen-bond acceptors (Lipinski definition) is 1. The summed E-state index contributed by atoms with van der Waals surface area (Å²) in [4.78, 5) is 16.2. The Bertz CT molecular complexity index is 347. The molecule has 100 valence electrons. The molecule has 0 aliphatic heterocycles. The van der Waals surface area contributed by atoms with E-state index in [4.69, 9.17) is 0 Å². The molecule has 0 aliphatic rings. The molecule has 0 atom stereocenters. The summed E-state index contributed by atoms with van der Waals surface area (Å²) in [5.74, 6) is 0. The topological polar surface area (TPSA) is 23.6 Å². The molecule has 0 N–H and O–H groups in total. The van der Waals surface area contributed by atoms with Crippen LogP contribution in [0.3, 0.4) is 0 Å². The summed E-state index contributed by atoms with van der Waals surface area (Å²) in [5, 5.41) is 0. The average molecular weight is 248 g/mol. The van der Waals surface area contributed by atoms with Crippen LogP contribution < -0.4 is 4.90 Å². The van der Waals surface area contributed by atoms with E-state index < -0.39 is 0 Å². The van der Waals surface area contributed by atoms with Crippen LogP contribution in [0.2, 0.25) is 0 Å². The Balaban J connectivity index is 2.87. The number of para-hydroxylation sites is 1. The first-order valence-corrected chi connectivity index (χ1v) is 6.86. The molecule has 0 saturated heterocycles. The maximum absolute atomic E-state index is 12.5. The van der Waals surface area contributed by atoms with Crippen molar-refractivity contribution in [2.24, 2.45) is 0 Å². The van der Waals surface area contributed by atoms with Gasteiger partial charge in [-0.3, -0.25) is 4.90 Å². The van der Waals surface area contributed by atoms with Crippen LogP contribution in [0.5, 0.6) is 0 Å². The van der Waals surface area contributed by atoms with Gasteiger partial charge in [0.05, 0.1) is 0 Å². The number of unbranched alkanes of at least 4 members (excludes halogenated alkanes) is 1. The quantitative estimate of drug-likeness (QED) is 0.752. The highest BCUT2D eigenvalue weighted by Gasteiger charge is 2.19. The van der Waals surface area contributed by atoms with Crippen LogP contribution >= 0.6 is 0 Å². The SMILES string of the molecule is CCCCN(C(=O)N(CC)CC)c1ccccc1. The number of rotatable bonds is 6. The molecule has 3 nitrogen and oxygen atoms in total. The molecular formula is C15H24N2O. The molecule has 18 heavy (non-hydrogen) atoms. The Labute approximate surface area is 110 Å². The molecule has 2 amide bonds. The zero-order valence-corrected chi connectivity index (χ0v) is 11.7. The van der Waals surface area contributed by atoms with Crippen molar-refractivity contribution < 1.29 is 4.79 Å². The van der Waals surface area contributed by atoms with Gasteiger partial charge in [0.15, 0.2) is 0 Å². The highest BCUT2D eigenvalue weighted by atomic mass is 16.2. The predicted octanol–water partition coefficient (Wildman–Crippen LogP) is 3.75. The minimum atomic E-state index is 0.111. The van der Waals surface area contributed by atoms with Gasteiger partial charge in [-0.15, -0.1) is 0 Å². The van der Waals surface area contributed by atoms with Crippen molar-refractivity contribution in [3.63, 3.8) is 0 Å². The molecule has 1 aromatic rings. The average Bonchev–Trinajstić information content (AvgIpc) is 2.42. The third-order valence-corrected chi connectivity index (χ3v) is 3.07. The number of nitrogens with zero attached hydrogens (tertiary/aromatic N) is 2. The van der Waals surface area contributed by atoms with E-state index in [1.807, 2.05) is 54.0 Å². The van der Waals surface area contributed by atoms with Gasteiger partial charge in [-0.2, -0.15) is 0 Å². The summed E-state index contributed by atoms with van der Waals surface area (Å²) in [5.41, 5.74) is 0.989. The standard InChI is InChI=1S/C15H24N2O/c1-4-7-13-17(14-11-9-8-10-12-14)15(18)16(5-2)6-3/h8-12H,4-7,13H2,1-3H3. The Kier molecular flexibility index (Phi) is 6.26. The lowest BCUT2D eigenvalue weighted by molar-refractivity contribution is 0.210. The summed E-state index contributed by atoms with van der Waals surface area (Å²) in [6.45, 7) is 8.48. The van der Waals surface area contributed by atoms with Gasteiger partial charge < -0.3 is 4.90 Å². The van der Waals surface area contributed by atoms with E-state index in [0.717, 1.165) is 38.2 Å². The maximum atomic E-state index is 12.5. The number of carbonyl (C=O) groups is 1. The van der Waals surface area contributed by atoms with Gasteiger partial charge in [0.25, 0.3) is 0 Å². The van der Waals surface area contributed by atoms with Crippen molar-refractivity contribution in [2.75, 3.05) is 24.5 Å². The molecule has 0 heterocycles. The lowest BCUT2D eigenvalue weighted by atomic mass is 10.2. The van der Waals surface area contributed by atoms with Gasteiger partial charge in [0.1, 0.15) is 0 Å². The monoisotopic (exact) mass is 248 g/mol. The first kappa shape index (κ1) is 14.6. The van der Waals surface area contributed by atoms with Crippen LogP contribution in [0.25, 0.3) is 0 Å². The van der Waals surface area contributed by atoms with Crippen LogP contribution in [0, 0.1) is 0 Å². The smallest absolute Gasteiger partial charge is 0.324 e. The lowest BCUT2D eigenvalue weighted by Crippen LogP contribution is -2.43. The number of amides is 2. The second kappa shape index (κ2) is 7.75. The van der Waals surface area contributed by atoms with Crippen molar-refractivity contribution in [1.82, 2.24) is 4.90 Å². The van der Waals surface area contributed by atoms with Crippen LogP contribution in [-0.4, -0.2) is 30.6 Å².